The molecule has 0 aliphatic carbocycles. The van der Waals surface area contributed by atoms with Crippen LogP contribution >= 0.6 is 22.9 Å². The van der Waals surface area contributed by atoms with Gasteiger partial charge in [0.2, 0.25) is 11.7 Å². The Balaban J connectivity index is 1.84. The van der Waals surface area contributed by atoms with E-state index in [4.69, 9.17) is 21.9 Å². The number of benzene rings is 1. The third-order valence-electron chi connectivity index (χ3n) is 2.55. The number of halogens is 2. The van der Waals surface area contributed by atoms with Gasteiger partial charge < -0.3 is 10.3 Å². The zero-order valence-corrected chi connectivity index (χ0v) is 11.6. The number of rotatable bonds is 3. The summed E-state index contributed by atoms with van der Waals surface area (Å²) in [5, 5.41) is 6.17. The summed E-state index contributed by atoms with van der Waals surface area (Å²) in [5.74, 6) is 0.271. The van der Waals surface area contributed by atoms with E-state index >= 15 is 0 Å². The lowest BCUT2D eigenvalue weighted by molar-refractivity contribution is 0.385. The lowest BCUT2D eigenvalue weighted by Gasteiger charge is -1.96. The van der Waals surface area contributed by atoms with Crippen LogP contribution in [0.15, 0.2) is 28.1 Å². The first-order chi connectivity index (χ1) is 9.61. The molecule has 0 aliphatic heterocycles. The predicted molar refractivity (Wildman–Crippen MR) is 74.0 cm³/mol. The highest BCUT2D eigenvalue weighted by Gasteiger charge is 2.12. The van der Waals surface area contributed by atoms with Gasteiger partial charge in [0, 0.05) is 10.9 Å². The fourth-order valence-corrected chi connectivity index (χ4v) is 2.38. The largest absolute Gasteiger partial charge is 0.375 e. The van der Waals surface area contributed by atoms with Crippen molar-refractivity contribution in [1.82, 2.24) is 15.1 Å². The van der Waals surface area contributed by atoms with E-state index in [1.165, 1.54) is 29.5 Å². The molecule has 3 rings (SSSR count). The molecule has 2 aromatic heterocycles. The van der Waals surface area contributed by atoms with Crippen LogP contribution in [0.4, 0.5) is 9.52 Å². The molecule has 8 heteroatoms. The summed E-state index contributed by atoms with van der Waals surface area (Å²) in [6.07, 6.45) is 0.398. The number of hydrogen-bond acceptors (Lipinski definition) is 6. The van der Waals surface area contributed by atoms with E-state index in [-0.39, 0.29) is 5.02 Å². The van der Waals surface area contributed by atoms with Gasteiger partial charge in [0.25, 0.3) is 0 Å². The SMILES string of the molecule is Nc1nc(Cc2nc(-c3ccc(F)c(Cl)c3)no2)cs1. The summed E-state index contributed by atoms with van der Waals surface area (Å²) in [7, 11) is 0. The van der Waals surface area contributed by atoms with E-state index in [1.807, 2.05) is 5.38 Å². The van der Waals surface area contributed by atoms with Gasteiger partial charge in [0.15, 0.2) is 5.13 Å². The van der Waals surface area contributed by atoms with E-state index in [1.54, 1.807) is 0 Å². The second-order valence-corrected chi connectivity index (χ2v) is 5.29. The van der Waals surface area contributed by atoms with Crippen molar-refractivity contribution in [2.75, 3.05) is 5.73 Å². The molecule has 0 aliphatic rings. The van der Waals surface area contributed by atoms with Crippen LogP contribution in [-0.2, 0) is 6.42 Å². The minimum Gasteiger partial charge on any atom is -0.375 e. The van der Waals surface area contributed by atoms with E-state index in [0.717, 1.165) is 5.69 Å². The van der Waals surface area contributed by atoms with Gasteiger partial charge in [0.1, 0.15) is 5.82 Å². The Morgan fingerprint density at radius 2 is 2.20 bits per heavy atom. The van der Waals surface area contributed by atoms with Gasteiger partial charge in [-0.15, -0.1) is 11.3 Å². The lowest BCUT2D eigenvalue weighted by atomic mass is 10.2. The van der Waals surface area contributed by atoms with Crippen molar-refractivity contribution in [2.45, 2.75) is 6.42 Å². The van der Waals surface area contributed by atoms with Gasteiger partial charge >= 0.3 is 0 Å². The fraction of sp³-hybridized carbons (Fsp3) is 0.0833. The van der Waals surface area contributed by atoms with Gasteiger partial charge in [-0.3, -0.25) is 0 Å². The van der Waals surface area contributed by atoms with Gasteiger partial charge in [-0.2, -0.15) is 4.98 Å². The van der Waals surface area contributed by atoms with Crippen molar-refractivity contribution in [3.63, 3.8) is 0 Å². The molecular weight excluding hydrogens is 303 g/mol. The zero-order chi connectivity index (χ0) is 14.1. The van der Waals surface area contributed by atoms with E-state index in [2.05, 4.69) is 15.1 Å². The Morgan fingerprint density at radius 3 is 2.90 bits per heavy atom. The Morgan fingerprint density at radius 1 is 1.35 bits per heavy atom. The molecule has 5 nitrogen and oxygen atoms in total. The second-order valence-electron chi connectivity index (χ2n) is 3.99. The molecular formula is C12H8ClFN4OS. The highest BCUT2D eigenvalue weighted by molar-refractivity contribution is 7.13. The van der Waals surface area contributed by atoms with Crippen LogP contribution in [0.1, 0.15) is 11.6 Å². The third-order valence-corrected chi connectivity index (χ3v) is 3.56. The molecule has 0 fully saturated rings. The monoisotopic (exact) mass is 310 g/mol. The molecule has 0 amide bonds. The summed E-state index contributed by atoms with van der Waals surface area (Å²) in [6, 6.07) is 4.25. The second kappa shape index (κ2) is 5.18. The highest BCUT2D eigenvalue weighted by Crippen LogP contribution is 2.23. The molecule has 102 valence electrons. The third kappa shape index (κ3) is 2.63. The lowest BCUT2D eigenvalue weighted by Crippen LogP contribution is -1.90. The van der Waals surface area contributed by atoms with Gasteiger partial charge in [-0.25, -0.2) is 9.37 Å². The van der Waals surface area contributed by atoms with E-state index in [0.29, 0.717) is 28.8 Å². The number of anilines is 1. The number of nitrogen functional groups attached to an aromatic ring is 1. The zero-order valence-electron chi connectivity index (χ0n) is 10.0. The van der Waals surface area contributed by atoms with Crippen LogP contribution < -0.4 is 5.73 Å². The Hall–Kier alpha value is -1.99. The first kappa shape index (κ1) is 13.0. The molecule has 3 aromatic rings. The summed E-state index contributed by atoms with van der Waals surface area (Å²) in [6.45, 7) is 0. The van der Waals surface area contributed by atoms with Crippen molar-refractivity contribution >= 4 is 28.1 Å². The minimum atomic E-state index is -0.489. The molecule has 2 N–H and O–H groups in total. The Kier molecular flexibility index (Phi) is 3.37. The first-order valence-electron chi connectivity index (χ1n) is 5.60. The number of nitrogens with two attached hydrogens (primary N) is 1. The van der Waals surface area contributed by atoms with Crippen molar-refractivity contribution in [2.24, 2.45) is 0 Å². The van der Waals surface area contributed by atoms with Crippen LogP contribution in [0.25, 0.3) is 11.4 Å². The van der Waals surface area contributed by atoms with Gasteiger partial charge in [0.05, 0.1) is 17.1 Å². The molecule has 0 bridgehead atoms. The standard InChI is InChI=1S/C12H8ClFN4OS/c13-8-3-6(1-2-9(8)14)11-17-10(19-18-11)4-7-5-20-12(15)16-7/h1-3,5H,4H2,(H2,15,16). The maximum absolute atomic E-state index is 13.1. The summed E-state index contributed by atoms with van der Waals surface area (Å²) >= 11 is 7.07. The summed E-state index contributed by atoms with van der Waals surface area (Å²) in [5.41, 5.74) is 6.90. The van der Waals surface area contributed by atoms with Crippen LogP contribution in [0, 0.1) is 5.82 Å². The normalized spacial score (nSPS) is 10.9. The molecule has 0 saturated carbocycles. The van der Waals surface area contributed by atoms with Crippen molar-refractivity contribution < 1.29 is 8.91 Å². The number of nitrogens with zero attached hydrogens (tertiary/aromatic N) is 3. The maximum atomic E-state index is 13.1. The van der Waals surface area contributed by atoms with E-state index < -0.39 is 5.82 Å². The van der Waals surface area contributed by atoms with Gasteiger partial charge in [-0.05, 0) is 18.2 Å². The molecule has 20 heavy (non-hydrogen) atoms. The quantitative estimate of drug-likeness (QED) is 0.804. The van der Waals surface area contributed by atoms with Crippen molar-refractivity contribution in [1.29, 1.82) is 0 Å². The average Bonchev–Trinajstić information content (AvgIpc) is 3.03. The van der Waals surface area contributed by atoms with Crippen LogP contribution in [0.2, 0.25) is 5.02 Å². The van der Waals surface area contributed by atoms with Crippen LogP contribution in [0.5, 0.6) is 0 Å². The smallest absolute Gasteiger partial charge is 0.233 e. The maximum Gasteiger partial charge on any atom is 0.233 e. The van der Waals surface area contributed by atoms with Crippen molar-refractivity contribution in [3.05, 3.63) is 46.0 Å². The van der Waals surface area contributed by atoms with E-state index in [9.17, 15) is 4.39 Å². The number of thiazole rings is 1. The summed E-state index contributed by atoms with van der Waals surface area (Å²) in [4.78, 5) is 8.33. The van der Waals surface area contributed by atoms with Crippen LogP contribution in [0.3, 0.4) is 0 Å². The molecule has 2 heterocycles. The van der Waals surface area contributed by atoms with Crippen molar-refractivity contribution in [3.8, 4) is 11.4 Å². The first-order valence-corrected chi connectivity index (χ1v) is 6.85. The molecule has 0 radical (unpaired) electrons. The molecule has 1 aromatic carbocycles. The Labute approximate surface area is 122 Å². The fourth-order valence-electron chi connectivity index (χ4n) is 1.64. The molecule has 0 unspecified atom stereocenters. The number of aromatic nitrogens is 3. The molecule has 0 atom stereocenters. The topological polar surface area (TPSA) is 77.8 Å². The van der Waals surface area contributed by atoms with Crippen LogP contribution in [-0.4, -0.2) is 15.1 Å². The Bertz CT molecular complexity index is 758. The minimum absolute atomic E-state index is 0.0149. The average molecular weight is 311 g/mol. The molecule has 0 spiro atoms. The predicted octanol–water partition coefficient (Wildman–Crippen LogP) is 3.16. The highest BCUT2D eigenvalue weighted by atomic mass is 35.5. The molecule has 0 saturated heterocycles. The summed E-state index contributed by atoms with van der Waals surface area (Å²) < 4.78 is 18.2. The number of hydrogen-bond donors (Lipinski definition) is 1. The van der Waals surface area contributed by atoms with Gasteiger partial charge in [-0.1, -0.05) is 16.8 Å².